The maximum atomic E-state index is 5.53. The third-order valence-corrected chi connectivity index (χ3v) is 1.93. The second-order valence-corrected chi connectivity index (χ2v) is 4.58. The molecular weight excluding hydrogens is 162 g/mol. The molecule has 0 fully saturated rings. The zero-order chi connectivity index (χ0) is 10.3. The Balaban J connectivity index is 3.59. The van der Waals surface area contributed by atoms with Crippen molar-refractivity contribution in [1.82, 2.24) is 5.48 Å². The summed E-state index contributed by atoms with van der Waals surface area (Å²) >= 11 is 0. The molecule has 1 N–H and O–H groups in total. The van der Waals surface area contributed by atoms with Gasteiger partial charge in [-0.3, -0.25) is 4.84 Å². The van der Waals surface area contributed by atoms with E-state index in [0.29, 0.717) is 6.04 Å². The molecule has 0 saturated carbocycles. The van der Waals surface area contributed by atoms with E-state index in [1.54, 1.807) is 0 Å². The Labute approximate surface area is 83.0 Å². The molecule has 1 unspecified atom stereocenters. The van der Waals surface area contributed by atoms with Crippen molar-refractivity contribution in [2.45, 2.75) is 71.9 Å². The van der Waals surface area contributed by atoms with Crippen LogP contribution in [0.1, 0.15) is 60.3 Å². The summed E-state index contributed by atoms with van der Waals surface area (Å²) in [6.45, 7) is 10.6. The average molecular weight is 187 g/mol. The Kier molecular flexibility index (Phi) is 6.35. The lowest BCUT2D eigenvalue weighted by Gasteiger charge is -2.24. The molecule has 1 atom stereocenters. The maximum absolute atomic E-state index is 5.53. The molecule has 13 heavy (non-hydrogen) atoms. The van der Waals surface area contributed by atoms with Crippen LogP contribution in [0.4, 0.5) is 0 Å². The zero-order valence-corrected chi connectivity index (χ0v) is 9.81. The lowest BCUT2D eigenvalue weighted by molar-refractivity contribution is -0.0899. The number of nitrogens with one attached hydrogen (secondary N) is 1. The number of hydrogen-bond donors (Lipinski definition) is 1. The molecule has 2 heteroatoms. The molecule has 0 saturated heterocycles. The molecule has 0 aliphatic rings. The first-order valence-electron chi connectivity index (χ1n) is 5.43. The Morgan fingerprint density at radius 1 is 1.23 bits per heavy atom. The minimum atomic E-state index is -0.0837. The third kappa shape index (κ3) is 8.26. The van der Waals surface area contributed by atoms with E-state index in [4.69, 9.17) is 4.84 Å². The smallest absolute Gasteiger partial charge is 0.0813 e. The molecule has 0 spiro atoms. The molecule has 0 rings (SSSR count). The number of hydrogen-bond acceptors (Lipinski definition) is 2. The van der Waals surface area contributed by atoms with Gasteiger partial charge in [0.1, 0.15) is 0 Å². The Morgan fingerprint density at radius 3 is 2.23 bits per heavy atom. The average Bonchev–Trinajstić information content (AvgIpc) is 2.03. The molecule has 0 radical (unpaired) electrons. The Hall–Kier alpha value is -0.0800. The number of hydroxylamine groups is 1. The van der Waals surface area contributed by atoms with Crippen molar-refractivity contribution in [3.05, 3.63) is 0 Å². The second-order valence-electron chi connectivity index (χ2n) is 4.58. The van der Waals surface area contributed by atoms with Gasteiger partial charge in [0.2, 0.25) is 0 Å². The summed E-state index contributed by atoms with van der Waals surface area (Å²) in [4.78, 5) is 5.53. The van der Waals surface area contributed by atoms with Crippen molar-refractivity contribution in [1.29, 1.82) is 0 Å². The van der Waals surface area contributed by atoms with Crippen molar-refractivity contribution >= 4 is 0 Å². The highest BCUT2D eigenvalue weighted by molar-refractivity contribution is 4.62. The zero-order valence-electron chi connectivity index (χ0n) is 9.81. The van der Waals surface area contributed by atoms with E-state index in [1.165, 1.54) is 19.3 Å². The predicted molar refractivity (Wildman–Crippen MR) is 57.6 cm³/mol. The van der Waals surface area contributed by atoms with Gasteiger partial charge < -0.3 is 0 Å². The van der Waals surface area contributed by atoms with Gasteiger partial charge in [0.15, 0.2) is 0 Å². The lowest BCUT2D eigenvalue weighted by atomic mass is 10.1. The van der Waals surface area contributed by atoms with Gasteiger partial charge in [0.25, 0.3) is 0 Å². The fourth-order valence-corrected chi connectivity index (χ4v) is 1.06. The summed E-state index contributed by atoms with van der Waals surface area (Å²) in [5.41, 5.74) is 3.06. The fourth-order valence-electron chi connectivity index (χ4n) is 1.06. The summed E-state index contributed by atoms with van der Waals surface area (Å²) in [6.07, 6.45) is 4.88. The van der Waals surface area contributed by atoms with Crippen LogP contribution in [0.2, 0.25) is 0 Å². The lowest BCUT2D eigenvalue weighted by Crippen LogP contribution is -2.36. The summed E-state index contributed by atoms with van der Waals surface area (Å²) in [5, 5.41) is 0. The monoisotopic (exact) mass is 187 g/mol. The van der Waals surface area contributed by atoms with Gasteiger partial charge in [0, 0.05) is 6.04 Å². The SMILES string of the molecule is CCCCC(CC)NOC(C)(C)C. The first-order valence-corrected chi connectivity index (χ1v) is 5.43. The van der Waals surface area contributed by atoms with Crippen LogP contribution in [0.25, 0.3) is 0 Å². The van der Waals surface area contributed by atoms with Gasteiger partial charge in [0.05, 0.1) is 5.60 Å². The van der Waals surface area contributed by atoms with Gasteiger partial charge in [-0.05, 0) is 33.6 Å². The molecule has 0 bridgehead atoms. The third-order valence-electron chi connectivity index (χ3n) is 1.93. The Morgan fingerprint density at radius 2 is 1.85 bits per heavy atom. The van der Waals surface area contributed by atoms with Crippen LogP contribution in [0.5, 0.6) is 0 Å². The topological polar surface area (TPSA) is 21.3 Å². The first kappa shape index (κ1) is 12.9. The van der Waals surface area contributed by atoms with Crippen LogP contribution in [-0.2, 0) is 4.84 Å². The molecule has 0 aliphatic carbocycles. The van der Waals surface area contributed by atoms with Gasteiger partial charge in [-0.15, -0.1) is 0 Å². The van der Waals surface area contributed by atoms with E-state index in [0.717, 1.165) is 6.42 Å². The second kappa shape index (κ2) is 6.39. The number of unbranched alkanes of at least 4 members (excludes halogenated alkanes) is 1. The van der Waals surface area contributed by atoms with Crippen LogP contribution in [0.3, 0.4) is 0 Å². The van der Waals surface area contributed by atoms with E-state index in [9.17, 15) is 0 Å². The van der Waals surface area contributed by atoms with E-state index in [1.807, 2.05) is 0 Å². The van der Waals surface area contributed by atoms with Crippen molar-refractivity contribution in [3.8, 4) is 0 Å². The Bertz CT molecular complexity index is 118. The van der Waals surface area contributed by atoms with Crippen LogP contribution < -0.4 is 5.48 Å². The van der Waals surface area contributed by atoms with E-state index >= 15 is 0 Å². The van der Waals surface area contributed by atoms with Crippen LogP contribution in [-0.4, -0.2) is 11.6 Å². The first-order chi connectivity index (χ1) is 5.99. The van der Waals surface area contributed by atoms with E-state index < -0.39 is 0 Å². The van der Waals surface area contributed by atoms with E-state index in [2.05, 4.69) is 40.1 Å². The molecule has 0 aromatic heterocycles. The molecular formula is C11H25NO. The summed E-state index contributed by atoms with van der Waals surface area (Å²) in [7, 11) is 0. The maximum Gasteiger partial charge on any atom is 0.0813 e. The predicted octanol–water partition coefficient (Wildman–Crippen LogP) is 3.27. The number of rotatable bonds is 6. The van der Waals surface area contributed by atoms with Crippen LogP contribution >= 0.6 is 0 Å². The van der Waals surface area contributed by atoms with Gasteiger partial charge in [-0.2, -0.15) is 5.48 Å². The summed E-state index contributed by atoms with van der Waals surface area (Å²) < 4.78 is 0. The highest BCUT2D eigenvalue weighted by atomic mass is 16.7. The quantitative estimate of drug-likeness (QED) is 0.644. The van der Waals surface area contributed by atoms with Gasteiger partial charge >= 0.3 is 0 Å². The minimum Gasteiger partial charge on any atom is -0.296 e. The van der Waals surface area contributed by atoms with Crippen LogP contribution in [0.15, 0.2) is 0 Å². The molecule has 0 aromatic carbocycles. The molecule has 0 amide bonds. The molecule has 0 heterocycles. The molecule has 0 aromatic rings. The summed E-state index contributed by atoms with van der Waals surface area (Å²) in [5.74, 6) is 0. The summed E-state index contributed by atoms with van der Waals surface area (Å²) in [6, 6.07) is 0.513. The molecule has 2 nitrogen and oxygen atoms in total. The fraction of sp³-hybridized carbons (Fsp3) is 1.00. The molecule has 0 aliphatic heterocycles. The van der Waals surface area contributed by atoms with Crippen molar-refractivity contribution < 1.29 is 4.84 Å². The highest BCUT2D eigenvalue weighted by Gasteiger charge is 2.13. The molecule has 80 valence electrons. The highest BCUT2D eigenvalue weighted by Crippen LogP contribution is 2.08. The van der Waals surface area contributed by atoms with Crippen molar-refractivity contribution in [3.63, 3.8) is 0 Å². The van der Waals surface area contributed by atoms with Gasteiger partial charge in [-0.25, -0.2) is 0 Å². The standard InChI is InChI=1S/C11H25NO/c1-6-8-9-10(7-2)12-13-11(3,4)5/h10,12H,6-9H2,1-5H3. The largest absolute Gasteiger partial charge is 0.296 e. The normalized spacial score (nSPS) is 14.5. The van der Waals surface area contributed by atoms with Gasteiger partial charge in [-0.1, -0.05) is 26.7 Å². The van der Waals surface area contributed by atoms with Crippen molar-refractivity contribution in [2.75, 3.05) is 0 Å². The van der Waals surface area contributed by atoms with E-state index in [-0.39, 0.29) is 5.60 Å². The minimum absolute atomic E-state index is 0.0837. The van der Waals surface area contributed by atoms with Crippen LogP contribution in [0, 0.1) is 0 Å². The van der Waals surface area contributed by atoms with Crippen molar-refractivity contribution in [2.24, 2.45) is 0 Å².